The van der Waals surface area contributed by atoms with E-state index < -0.39 is 0 Å². The number of carbonyl (C=O) groups excluding carboxylic acids is 1. The molecule has 1 amide bonds. The molecule has 1 atom stereocenters. The van der Waals surface area contributed by atoms with Crippen molar-refractivity contribution in [3.05, 3.63) is 23.8 Å². The van der Waals surface area contributed by atoms with Gasteiger partial charge >= 0.3 is 0 Å². The average molecular weight is 247 g/mol. The van der Waals surface area contributed by atoms with E-state index in [2.05, 4.69) is 6.92 Å². The van der Waals surface area contributed by atoms with Crippen LogP contribution in [0.25, 0.3) is 0 Å². The Kier molecular flexibility index (Phi) is 4.24. The molecule has 1 aromatic rings. The minimum Gasteiger partial charge on any atom is -0.497 e. The highest BCUT2D eigenvalue weighted by Gasteiger charge is 2.28. The third-order valence-corrected chi connectivity index (χ3v) is 3.67. The molecule has 1 unspecified atom stereocenters. The van der Waals surface area contributed by atoms with Gasteiger partial charge in [-0.25, -0.2) is 0 Å². The standard InChI is InChI=1S/C15H21NO2/c1-3-4-5-6-13-9-12-10-14(18-2)7-8-15(12)16(13)11-17/h7-8,10-11,13H,3-6,9H2,1-2H3. The molecule has 0 aromatic heterocycles. The fraction of sp³-hybridized carbons (Fsp3) is 0.533. The Balaban J connectivity index is 2.12. The Morgan fingerprint density at radius 3 is 2.94 bits per heavy atom. The Morgan fingerprint density at radius 2 is 2.28 bits per heavy atom. The van der Waals surface area contributed by atoms with Gasteiger partial charge in [0.2, 0.25) is 6.41 Å². The van der Waals surface area contributed by atoms with Crippen LogP contribution in [0.5, 0.6) is 5.75 Å². The third-order valence-electron chi connectivity index (χ3n) is 3.67. The lowest BCUT2D eigenvalue weighted by molar-refractivity contribution is -0.107. The van der Waals surface area contributed by atoms with Gasteiger partial charge in [-0.1, -0.05) is 26.2 Å². The molecule has 0 aliphatic carbocycles. The van der Waals surface area contributed by atoms with Crippen molar-refractivity contribution in [3.8, 4) is 5.75 Å². The van der Waals surface area contributed by atoms with Crippen molar-refractivity contribution >= 4 is 12.1 Å². The zero-order chi connectivity index (χ0) is 13.0. The molecule has 1 heterocycles. The molecule has 0 bridgehead atoms. The monoisotopic (exact) mass is 247 g/mol. The van der Waals surface area contributed by atoms with Crippen LogP contribution in [0.3, 0.4) is 0 Å². The first-order chi connectivity index (χ1) is 8.80. The van der Waals surface area contributed by atoms with Crippen LogP contribution in [0, 0.1) is 0 Å². The van der Waals surface area contributed by atoms with Gasteiger partial charge in [0.1, 0.15) is 5.75 Å². The van der Waals surface area contributed by atoms with Gasteiger partial charge in [-0.2, -0.15) is 0 Å². The normalized spacial score (nSPS) is 17.7. The predicted octanol–water partition coefficient (Wildman–Crippen LogP) is 3.16. The largest absolute Gasteiger partial charge is 0.497 e. The fourth-order valence-electron chi connectivity index (χ4n) is 2.67. The maximum absolute atomic E-state index is 11.3. The number of fused-ring (bicyclic) bond motifs is 1. The molecule has 2 rings (SSSR count). The topological polar surface area (TPSA) is 29.5 Å². The summed E-state index contributed by atoms with van der Waals surface area (Å²) in [5.74, 6) is 0.869. The summed E-state index contributed by atoms with van der Waals surface area (Å²) in [4.78, 5) is 13.1. The Morgan fingerprint density at radius 1 is 1.44 bits per heavy atom. The van der Waals surface area contributed by atoms with Crippen LogP contribution in [0.1, 0.15) is 38.2 Å². The zero-order valence-electron chi connectivity index (χ0n) is 11.2. The SMILES string of the molecule is CCCCCC1Cc2cc(OC)ccc2N1C=O. The lowest BCUT2D eigenvalue weighted by Gasteiger charge is -2.20. The highest BCUT2D eigenvalue weighted by molar-refractivity contribution is 5.81. The molecule has 0 fully saturated rings. The van der Waals surface area contributed by atoms with E-state index in [0.717, 1.165) is 30.7 Å². The van der Waals surface area contributed by atoms with Crippen molar-refractivity contribution in [2.45, 2.75) is 45.1 Å². The Labute approximate surface area is 109 Å². The third kappa shape index (κ3) is 2.50. The van der Waals surface area contributed by atoms with E-state index in [-0.39, 0.29) is 0 Å². The summed E-state index contributed by atoms with van der Waals surface area (Å²) in [5.41, 5.74) is 2.27. The van der Waals surface area contributed by atoms with Crippen molar-refractivity contribution < 1.29 is 9.53 Å². The summed E-state index contributed by atoms with van der Waals surface area (Å²) < 4.78 is 5.24. The van der Waals surface area contributed by atoms with E-state index in [1.165, 1.54) is 24.8 Å². The van der Waals surface area contributed by atoms with Crippen molar-refractivity contribution in [2.75, 3.05) is 12.0 Å². The lowest BCUT2D eigenvalue weighted by atomic mass is 10.0. The van der Waals surface area contributed by atoms with Gasteiger partial charge in [-0.3, -0.25) is 4.79 Å². The summed E-state index contributed by atoms with van der Waals surface area (Å²) in [6.07, 6.45) is 6.65. The van der Waals surface area contributed by atoms with Crippen LogP contribution in [0.4, 0.5) is 5.69 Å². The molecule has 0 spiro atoms. The number of hydrogen-bond acceptors (Lipinski definition) is 2. The van der Waals surface area contributed by atoms with E-state index >= 15 is 0 Å². The number of nitrogens with zero attached hydrogens (tertiary/aromatic N) is 1. The number of carbonyl (C=O) groups is 1. The minimum absolute atomic E-state index is 0.330. The van der Waals surface area contributed by atoms with E-state index in [9.17, 15) is 4.79 Å². The van der Waals surface area contributed by atoms with Gasteiger partial charge in [0.25, 0.3) is 0 Å². The number of hydrogen-bond donors (Lipinski definition) is 0. The molecule has 0 saturated carbocycles. The highest BCUT2D eigenvalue weighted by atomic mass is 16.5. The maximum Gasteiger partial charge on any atom is 0.214 e. The number of ether oxygens (including phenoxy) is 1. The molecule has 1 aliphatic heterocycles. The van der Waals surface area contributed by atoms with Gasteiger partial charge in [0.15, 0.2) is 0 Å². The lowest BCUT2D eigenvalue weighted by Crippen LogP contribution is -2.30. The predicted molar refractivity (Wildman–Crippen MR) is 73.2 cm³/mol. The highest BCUT2D eigenvalue weighted by Crippen LogP contribution is 2.35. The second-order valence-electron chi connectivity index (χ2n) is 4.86. The van der Waals surface area contributed by atoms with Crippen molar-refractivity contribution in [1.82, 2.24) is 0 Å². The number of unbranched alkanes of at least 4 members (excludes halogenated alkanes) is 2. The summed E-state index contributed by atoms with van der Waals surface area (Å²) in [6, 6.07) is 6.29. The van der Waals surface area contributed by atoms with Crippen LogP contribution in [0.2, 0.25) is 0 Å². The molecule has 3 heteroatoms. The van der Waals surface area contributed by atoms with Gasteiger partial charge in [-0.05, 0) is 36.6 Å². The maximum atomic E-state index is 11.3. The van der Waals surface area contributed by atoms with Crippen LogP contribution >= 0.6 is 0 Å². The number of methoxy groups -OCH3 is 1. The molecular formula is C15H21NO2. The van der Waals surface area contributed by atoms with Gasteiger partial charge < -0.3 is 9.64 Å². The molecule has 0 saturated heterocycles. The Bertz CT molecular complexity index is 417. The van der Waals surface area contributed by atoms with Gasteiger partial charge in [-0.15, -0.1) is 0 Å². The van der Waals surface area contributed by atoms with Crippen molar-refractivity contribution in [1.29, 1.82) is 0 Å². The smallest absolute Gasteiger partial charge is 0.214 e. The second kappa shape index (κ2) is 5.89. The first-order valence-electron chi connectivity index (χ1n) is 6.70. The average Bonchev–Trinajstić information content (AvgIpc) is 2.75. The molecule has 1 aliphatic rings. The first-order valence-corrected chi connectivity index (χ1v) is 6.70. The van der Waals surface area contributed by atoms with Crippen LogP contribution in [0.15, 0.2) is 18.2 Å². The fourth-order valence-corrected chi connectivity index (χ4v) is 2.67. The van der Waals surface area contributed by atoms with E-state index in [4.69, 9.17) is 4.74 Å². The molecule has 3 nitrogen and oxygen atoms in total. The zero-order valence-corrected chi connectivity index (χ0v) is 11.2. The summed E-state index contributed by atoms with van der Waals surface area (Å²) >= 11 is 0. The first kappa shape index (κ1) is 12.9. The molecule has 0 radical (unpaired) electrons. The van der Waals surface area contributed by atoms with E-state index in [1.54, 1.807) is 7.11 Å². The van der Waals surface area contributed by atoms with Crippen LogP contribution < -0.4 is 9.64 Å². The minimum atomic E-state index is 0.330. The summed E-state index contributed by atoms with van der Waals surface area (Å²) in [5, 5.41) is 0. The van der Waals surface area contributed by atoms with Gasteiger partial charge in [0.05, 0.1) is 7.11 Å². The second-order valence-corrected chi connectivity index (χ2v) is 4.86. The van der Waals surface area contributed by atoms with Crippen molar-refractivity contribution in [2.24, 2.45) is 0 Å². The number of amides is 1. The number of benzene rings is 1. The molecule has 1 aromatic carbocycles. The van der Waals surface area contributed by atoms with Crippen molar-refractivity contribution in [3.63, 3.8) is 0 Å². The van der Waals surface area contributed by atoms with Crippen LogP contribution in [-0.2, 0) is 11.2 Å². The molecule has 18 heavy (non-hydrogen) atoms. The number of rotatable bonds is 6. The summed E-state index contributed by atoms with van der Waals surface area (Å²) in [6.45, 7) is 2.20. The quantitative estimate of drug-likeness (QED) is 0.571. The summed E-state index contributed by atoms with van der Waals surface area (Å²) in [7, 11) is 1.67. The molecular weight excluding hydrogens is 226 g/mol. The van der Waals surface area contributed by atoms with Gasteiger partial charge in [0, 0.05) is 11.7 Å². The van der Waals surface area contributed by atoms with E-state index in [0.29, 0.717) is 6.04 Å². The van der Waals surface area contributed by atoms with E-state index in [1.807, 2.05) is 23.1 Å². The number of anilines is 1. The molecule has 98 valence electrons. The Hall–Kier alpha value is -1.51. The van der Waals surface area contributed by atoms with Crippen LogP contribution in [-0.4, -0.2) is 19.6 Å². The molecule has 0 N–H and O–H groups in total.